The van der Waals surface area contributed by atoms with Gasteiger partial charge in [-0.25, -0.2) is 0 Å². The summed E-state index contributed by atoms with van der Waals surface area (Å²) in [6.07, 6.45) is -19.3. The molecule has 0 spiro atoms. The van der Waals surface area contributed by atoms with E-state index in [1.54, 1.807) is 81.9 Å². The molecule has 2 heterocycles. The van der Waals surface area contributed by atoms with E-state index in [0.717, 1.165) is 70.8 Å². The minimum Gasteiger partial charge on any atom is -0.309 e. The van der Waals surface area contributed by atoms with Crippen molar-refractivity contribution in [2.45, 2.75) is 24.7 Å². The highest BCUT2D eigenvalue weighted by Crippen LogP contribution is 2.49. The maximum absolute atomic E-state index is 14.4. The van der Waals surface area contributed by atoms with E-state index < -0.39 is 47.0 Å². The van der Waals surface area contributed by atoms with E-state index in [2.05, 4.69) is 12.1 Å². The monoisotopic (exact) mass is 1130 g/mol. The third kappa shape index (κ3) is 8.98. The van der Waals surface area contributed by atoms with Gasteiger partial charge in [-0.1, -0.05) is 84.9 Å². The molecule has 0 atom stereocenters. The second kappa shape index (κ2) is 19.1. The van der Waals surface area contributed by atoms with Crippen molar-refractivity contribution in [2.75, 3.05) is 0 Å². The van der Waals surface area contributed by atoms with Gasteiger partial charge in [0.1, 0.15) is 0 Å². The van der Waals surface area contributed by atoms with Crippen molar-refractivity contribution < 1.29 is 52.7 Å². The Hall–Kier alpha value is -10.3. The van der Waals surface area contributed by atoms with Gasteiger partial charge < -0.3 is 9.13 Å². The lowest BCUT2D eigenvalue weighted by Crippen LogP contribution is -2.04. The summed E-state index contributed by atoms with van der Waals surface area (Å²) in [6, 6.07) is 55.6. The Kier molecular flexibility index (Phi) is 12.1. The predicted molar refractivity (Wildman–Crippen MR) is 301 cm³/mol. The van der Waals surface area contributed by atoms with Gasteiger partial charge in [0.25, 0.3) is 0 Å². The number of hydrogen-bond donors (Lipinski definition) is 0. The average molecular weight is 1140 g/mol. The van der Waals surface area contributed by atoms with Crippen LogP contribution in [0.25, 0.3) is 121 Å². The lowest BCUT2D eigenvalue weighted by molar-refractivity contribution is -0.138. The summed E-state index contributed by atoms with van der Waals surface area (Å²) in [6.45, 7) is 0. The molecule has 0 bridgehead atoms. The number of nitrogens with zero attached hydrogens (tertiary/aromatic N) is 4. The summed E-state index contributed by atoms with van der Waals surface area (Å²) >= 11 is 0. The summed E-state index contributed by atoms with van der Waals surface area (Å²) in [4.78, 5) is 0. The molecule has 410 valence electrons. The largest absolute Gasteiger partial charge is 0.416 e. The quantitative estimate of drug-likeness (QED) is 0.123. The Morgan fingerprint density at radius 1 is 0.250 bits per heavy atom. The molecule has 13 aromatic rings. The van der Waals surface area contributed by atoms with Gasteiger partial charge in [-0.05, 0) is 187 Å². The van der Waals surface area contributed by atoms with Crippen molar-refractivity contribution in [1.82, 2.24) is 9.13 Å². The molecule has 0 aliphatic rings. The fraction of sp³-hybridized carbons (Fsp3) is 0.0588. The average Bonchev–Trinajstić information content (AvgIpc) is 1.84. The van der Waals surface area contributed by atoms with Crippen LogP contribution in [0.5, 0.6) is 0 Å². The van der Waals surface area contributed by atoms with Gasteiger partial charge in [0.15, 0.2) is 0 Å². The minimum absolute atomic E-state index is 0.0759. The van der Waals surface area contributed by atoms with Crippen LogP contribution in [0.2, 0.25) is 0 Å². The number of nitriles is 2. The first-order valence-corrected chi connectivity index (χ1v) is 25.8. The van der Waals surface area contributed by atoms with Crippen LogP contribution in [0.15, 0.2) is 206 Å². The number of benzene rings is 11. The van der Waals surface area contributed by atoms with E-state index in [0.29, 0.717) is 66.3 Å². The van der Waals surface area contributed by atoms with E-state index >= 15 is 0 Å². The molecule has 0 saturated heterocycles. The second-order valence-corrected chi connectivity index (χ2v) is 20.3. The predicted octanol–water partition coefficient (Wildman–Crippen LogP) is 20.7. The highest BCUT2D eigenvalue weighted by atomic mass is 19.4. The van der Waals surface area contributed by atoms with Gasteiger partial charge in [0.05, 0.1) is 67.6 Å². The van der Waals surface area contributed by atoms with Gasteiger partial charge in [-0.2, -0.15) is 63.2 Å². The van der Waals surface area contributed by atoms with Crippen LogP contribution in [0.4, 0.5) is 52.7 Å². The maximum atomic E-state index is 14.4. The Bertz CT molecular complexity index is 4480. The molecule has 0 aliphatic heterocycles. The fourth-order valence-corrected chi connectivity index (χ4v) is 11.5. The van der Waals surface area contributed by atoms with Gasteiger partial charge in [0, 0.05) is 32.9 Å². The van der Waals surface area contributed by atoms with Crippen molar-refractivity contribution in [3.05, 3.63) is 240 Å². The molecule has 0 amide bonds. The zero-order chi connectivity index (χ0) is 58.8. The molecular weight excluding hydrogens is 1100 g/mol. The Morgan fingerprint density at radius 3 is 0.750 bits per heavy atom. The molecular formula is C68H34F12N4. The van der Waals surface area contributed by atoms with Gasteiger partial charge in [0.2, 0.25) is 0 Å². The summed E-state index contributed by atoms with van der Waals surface area (Å²) in [5, 5.41) is 21.0. The first kappa shape index (κ1) is 53.0. The highest BCUT2D eigenvalue weighted by Gasteiger charge is 2.36. The van der Waals surface area contributed by atoms with Gasteiger partial charge >= 0.3 is 24.7 Å². The molecule has 11 aromatic carbocycles. The van der Waals surface area contributed by atoms with Crippen molar-refractivity contribution in [2.24, 2.45) is 0 Å². The Labute approximate surface area is 468 Å². The Morgan fingerprint density at radius 2 is 0.500 bits per heavy atom. The van der Waals surface area contributed by atoms with Crippen molar-refractivity contribution in [1.29, 1.82) is 10.5 Å². The number of aromatic nitrogens is 2. The number of halogens is 12. The normalized spacial score (nSPS) is 12.5. The zero-order valence-electron chi connectivity index (χ0n) is 43.0. The van der Waals surface area contributed by atoms with Crippen LogP contribution in [-0.2, 0) is 24.7 Å². The first-order chi connectivity index (χ1) is 40.0. The van der Waals surface area contributed by atoms with Crippen LogP contribution < -0.4 is 0 Å². The molecule has 13 rings (SSSR count). The summed E-state index contributed by atoms with van der Waals surface area (Å²) in [5.74, 6) is 0. The molecule has 4 nitrogen and oxygen atoms in total. The van der Waals surface area contributed by atoms with Crippen LogP contribution in [0, 0.1) is 22.7 Å². The number of fused-ring (bicyclic) bond motifs is 8. The van der Waals surface area contributed by atoms with Crippen molar-refractivity contribution in [3.8, 4) is 68.0 Å². The van der Waals surface area contributed by atoms with Crippen LogP contribution in [0.1, 0.15) is 33.4 Å². The summed E-state index contributed by atoms with van der Waals surface area (Å²) < 4.78 is 175. The number of rotatable bonds is 6. The molecule has 0 radical (unpaired) electrons. The van der Waals surface area contributed by atoms with Crippen molar-refractivity contribution in [3.63, 3.8) is 0 Å². The number of hydrogen-bond acceptors (Lipinski definition) is 2. The van der Waals surface area contributed by atoms with Gasteiger partial charge in [-0.3, -0.25) is 0 Å². The van der Waals surface area contributed by atoms with E-state index in [9.17, 15) is 63.2 Å². The molecule has 0 N–H and O–H groups in total. The minimum atomic E-state index is -4.83. The maximum Gasteiger partial charge on any atom is 0.416 e. The summed E-state index contributed by atoms with van der Waals surface area (Å²) in [7, 11) is 0. The lowest BCUT2D eigenvalue weighted by Gasteiger charge is -2.21. The van der Waals surface area contributed by atoms with E-state index in [-0.39, 0.29) is 43.6 Å². The van der Waals surface area contributed by atoms with Crippen LogP contribution in [0.3, 0.4) is 0 Å². The van der Waals surface area contributed by atoms with Crippen LogP contribution in [-0.4, -0.2) is 9.13 Å². The van der Waals surface area contributed by atoms with E-state index in [1.165, 1.54) is 24.3 Å². The first-order valence-electron chi connectivity index (χ1n) is 25.8. The topological polar surface area (TPSA) is 57.4 Å². The SMILES string of the molecule is N#Cc1ccc(-c2ccc(-c3c4ccc(-n5c6ccc(C(F)(F)F)cc6c6cc(C(F)(F)F)ccc65)cc4c(-c4ccc(-c5ccc(C#N)cc5)cc4)c4ccc(-n5c6ccc(C(F)(F)F)cc6c6cc(C(F)(F)F)ccc65)cc34)cc2)cc1. The fourth-order valence-electron chi connectivity index (χ4n) is 11.5. The zero-order valence-corrected chi connectivity index (χ0v) is 43.0. The molecule has 16 heteroatoms. The third-order valence-corrected chi connectivity index (χ3v) is 15.5. The molecule has 2 aromatic heterocycles. The van der Waals surface area contributed by atoms with E-state index in [4.69, 9.17) is 0 Å². The molecule has 0 fully saturated rings. The standard InChI is InChI=1S/C68H34F12N4/c69-65(70,71)45-17-25-59-53(29-45)54-30-46(66(72,73)74)18-26-60(54)83(59)49-22-24-52-57(33-49)63(43-13-9-41(10-14-43)39-5-1-37(35-81)2-6-39)51-23-21-50(34-58(51)64(52)44-15-11-42(12-16-44)40-7-3-38(36-82)4-8-40)84-61-27-19-47(67(75,76)77)31-55(61)56-32-48(68(78,79)80)20-28-62(56)84/h1-34H. The lowest BCUT2D eigenvalue weighted by atomic mass is 9.85. The van der Waals surface area contributed by atoms with Crippen molar-refractivity contribution >= 4 is 65.2 Å². The number of alkyl halides is 12. The van der Waals surface area contributed by atoms with Gasteiger partial charge in [-0.15, -0.1) is 0 Å². The Balaban J connectivity index is 1.13. The van der Waals surface area contributed by atoms with Crippen LogP contribution >= 0.6 is 0 Å². The smallest absolute Gasteiger partial charge is 0.309 e. The molecule has 0 unspecified atom stereocenters. The van der Waals surface area contributed by atoms with E-state index in [1.807, 2.05) is 60.7 Å². The molecule has 0 saturated carbocycles. The second-order valence-electron chi connectivity index (χ2n) is 20.3. The summed E-state index contributed by atoms with van der Waals surface area (Å²) in [5.41, 5.74) is 3.85. The molecule has 0 aliphatic carbocycles. The third-order valence-electron chi connectivity index (χ3n) is 15.5. The molecule has 84 heavy (non-hydrogen) atoms. The highest BCUT2D eigenvalue weighted by molar-refractivity contribution is 6.23.